The minimum absolute atomic E-state index is 0.0958. The van der Waals surface area contributed by atoms with Gasteiger partial charge in [-0.3, -0.25) is 9.59 Å². The maximum atomic E-state index is 12.5. The fraction of sp³-hybridized carbons (Fsp3) is 0.222. The number of ketones is 1. The van der Waals surface area contributed by atoms with Crippen LogP contribution >= 0.6 is 0 Å². The number of carbonyl (C=O) groups is 2. The van der Waals surface area contributed by atoms with Crippen LogP contribution in [0.1, 0.15) is 34.3 Å². The Morgan fingerprint density at radius 3 is 2.23 bits per heavy atom. The van der Waals surface area contributed by atoms with Crippen molar-refractivity contribution in [2.75, 3.05) is 14.2 Å². The number of benzene rings is 2. The Bertz CT molecular complexity index is 674. The number of rotatable bonds is 5. The highest BCUT2D eigenvalue weighted by Gasteiger charge is 2.17. The number of ether oxygens (including phenoxy) is 2. The topological polar surface area (TPSA) is 52.6 Å². The van der Waals surface area contributed by atoms with Crippen LogP contribution in [0.5, 0.6) is 5.75 Å². The van der Waals surface area contributed by atoms with Crippen molar-refractivity contribution in [2.24, 2.45) is 0 Å². The van der Waals surface area contributed by atoms with Crippen molar-refractivity contribution >= 4 is 11.8 Å². The van der Waals surface area contributed by atoms with Crippen LogP contribution in [0.25, 0.3) is 0 Å². The first-order valence-corrected chi connectivity index (χ1v) is 6.93. The summed E-state index contributed by atoms with van der Waals surface area (Å²) in [5.41, 5.74) is 1.87. The Morgan fingerprint density at radius 1 is 0.955 bits per heavy atom. The first-order valence-electron chi connectivity index (χ1n) is 6.93. The van der Waals surface area contributed by atoms with E-state index >= 15 is 0 Å². The zero-order valence-electron chi connectivity index (χ0n) is 12.8. The highest BCUT2D eigenvalue weighted by molar-refractivity contribution is 6.09. The van der Waals surface area contributed by atoms with E-state index in [1.165, 1.54) is 7.11 Å². The highest BCUT2D eigenvalue weighted by atomic mass is 16.5. The number of methoxy groups -OCH3 is 2. The molecule has 1 atom stereocenters. The van der Waals surface area contributed by atoms with E-state index < -0.39 is 5.92 Å². The van der Waals surface area contributed by atoms with Gasteiger partial charge in [0.15, 0.2) is 5.78 Å². The van der Waals surface area contributed by atoms with Crippen molar-refractivity contribution in [1.29, 1.82) is 0 Å². The van der Waals surface area contributed by atoms with Crippen molar-refractivity contribution in [3.8, 4) is 5.75 Å². The fourth-order valence-electron chi connectivity index (χ4n) is 2.17. The van der Waals surface area contributed by atoms with E-state index in [2.05, 4.69) is 0 Å². The van der Waals surface area contributed by atoms with Gasteiger partial charge in [0.25, 0.3) is 0 Å². The molecule has 4 nitrogen and oxygen atoms in total. The van der Waals surface area contributed by atoms with E-state index in [1.807, 2.05) is 6.07 Å². The third kappa shape index (κ3) is 3.34. The molecule has 22 heavy (non-hydrogen) atoms. The third-order valence-electron chi connectivity index (χ3n) is 3.56. The van der Waals surface area contributed by atoms with Crippen molar-refractivity contribution in [2.45, 2.75) is 12.8 Å². The average Bonchev–Trinajstić information content (AvgIpc) is 2.59. The molecular formula is C18H18O4. The normalized spacial score (nSPS) is 11.6. The SMILES string of the molecule is COC(=O)C(C)c1cccc(C(=O)c2ccc(OC)cc2)c1. The molecule has 2 rings (SSSR count). The summed E-state index contributed by atoms with van der Waals surface area (Å²) in [6.07, 6.45) is 0. The molecule has 0 saturated carbocycles. The van der Waals surface area contributed by atoms with Gasteiger partial charge in [-0.25, -0.2) is 0 Å². The summed E-state index contributed by atoms with van der Waals surface area (Å²) in [4.78, 5) is 24.1. The van der Waals surface area contributed by atoms with Gasteiger partial charge in [-0.1, -0.05) is 18.2 Å². The molecule has 2 aromatic carbocycles. The Kier molecular flexibility index (Phi) is 4.94. The smallest absolute Gasteiger partial charge is 0.312 e. The molecule has 0 bridgehead atoms. The van der Waals surface area contributed by atoms with Crippen molar-refractivity contribution in [1.82, 2.24) is 0 Å². The van der Waals surface area contributed by atoms with E-state index in [9.17, 15) is 9.59 Å². The molecule has 114 valence electrons. The van der Waals surface area contributed by atoms with Crippen LogP contribution in [0.4, 0.5) is 0 Å². The Labute approximate surface area is 129 Å². The molecule has 0 fully saturated rings. The molecule has 0 aliphatic heterocycles. The molecule has 0 N–H and O–H groups in total. The largest absolute Gasteiger partial charge is 0.497 e. The van der Waals surface area contributed by atoms with Gasteiger partial charge in [0.05, 0.1) is 20.1 Å². The zero-order chi connectivity index (χ0) is 16.1. The lowest BCUT2D eigenvalue weighted by molar-refractivity contribution is -0.141. The molecule has 0 amide bonds. The summed E-state index contributed by atoms with van der Waals surface area (Å²) in [6.45, 7) is 1.75. The summed E-state index contributed by atoms with van der Waals surface area (Å²) in [5.74, 6) is -0.131. The predicted octanol–water partition coefficient (Wildman–Crippen LogP) is 3.20. The fourth-order valence-corrected chi connectivity index (χ4v) is 2.17. The van der Waals surface area contributed by atoms with E-state index in [4.69, 9.17) is 9.47 Å². The van der Waals surface area contributed by atoms with Gasteiger partial charge in [0, 0.05) is 11.1 Å². The molecule has 2 aromatic rings. The lowest BCUT2D eigenvalue weighted by Gasteiger charge is -2.11. The van der Waals surface area contributed by atoms with Gasteiger partial charge in [-0.05, 0) is 42.8 Å². The molecule has 0 radical (unpaired) electrons. The molecule has 1 unspecified atom stereocenters. The molecule has 0 saturated heterocycles. The van der Waals surface area contributed by atoms with E-state index in [1.54, 1.807) is 56.5 Å². The number of hydrogen-bond acceptors (Lipinski definition) is 4. The van der Waals surface area contributed by atoms with Crippen LogP contribution in [0.15, 0.2) is 48.5 Å². The van der Waals surface area contributed by atoms with Gasteiger partial charge >= 0.3 is 5.97 Å². The van der Waals surface area contributed by atoms with E-state index in [0.717, 1.165) is 5.56 Å². The van der Waals surface area contributed by atoms with Crippen molar-refractivity contribution in [3.05, 3.63) is 65.2 Å². The molecule has 4 heteroatoms. The monoisotopic (exact) mass is 298 g/mol. The average molecular weight is 298 g/mol. The van der Waals surface area contributed by atoms with Crippen LogP contribution in [0.3, 0.4) is 0 Å². The number of carbonyl (C=O) groups excluding carboxylic acids is 2. The summed E-state index contributed by atoms with van der Waals surface area (Å²) >= 11 is 0. The second-order valence-corrected chi connectivity index (χ2v) is 4.93. The highest BCUT2D eigenvalue weighted by Crippen LogP contribution is 2.20. The van der Waals surface area contributed by atoms with Crippen LogP contribution < -0.4 is 4.74 Å². The van der Waals surface area contributed by atoms with Crippen LogP contribution in [-0.2, 0) is 9.53 Å². The first-order chi connectivity index (χ1) is 10.6. The quantitative estimate of drug-likeness (QED) is 0.628. The lowest BCUT2D eigenvalue weighted by Crippen LogP contribution is -2.11. The standard InChI is InChI=1S/C18H18O4/c1-12(18(20)22-3)14-5-4-6-15(11-14)17(19)13-7-9-16(21-2)10-8-13/h4-12H,1-3H3. The summed E-state index contributed by atoms with van der Waals surface area (Å²) in [7, 11) is 2.93. The Balaban J connectivity index is 2.28. The Morgan fingerprint density at radius 2 is 1.64 bits per heavy atom. The van der Waals surface area contributed by atoms with Crippen LogP contribution in [-0.4, -0.2) is 26.0 Å². The molecule has 0 aromatic heterocycles. The first kappa shape index (κ1) is 15.8. The summed E-state index contributed by atoms with van der Waals surface area (Å²) in [6, 6.07) is 14.0. The predicted molar refractivity (Wildman–Crippen MR) is 83.3 cm³/mol. The van der Waals surface area contributed by atoms with Gasteiger partial charge < -0.3 is 9.47 Å². The molecule has 0 aliphatic carbocycles. The Hall–Kier alpha value is -2.62. The van der Waals surface area contributed by atoms with Gasteiger partial charge in [-0.2, -0.15) is 0 Å². The second kappa shape index (κ2) is 6.89. The molecule has 0 spiro atoms. The molecular weight excluding hydrogens is 280 g/mol. The maximum Gasteiger partial charge on any atom is 0.312 e. The van der Waals surface area contributed by atoms with Gasteiger partial charge in [0.1, 0.15) is 5.75 Å². The third-order valence-corrected chi connectivity index (χ3v) is 3.56. The molecule has 0 aliphatic rings. The number of esters is 1. The van der Waals surface area contributed by atoms with Crippen LogP contribution in [0.2, 0.25) is 0 Å². The van der Waals surface area contributed by atoms with Crippen molar-refractivity contribution in [3.63, 3.8) is 0 Å². The van der Waals surface area contributed by atoms with Crippen molar-refractivity contribution < 1.29 is 19.1 Å². The minimum atomic E-state index is -0.409. The lowest BCUT2D eigenvalue weighted by atomic mass is 9.96. The second-order valence-electron chi connectivity index (χ2n) is 4.93. The number of hydrogen-bond donors (Lipinski definition) is 0. The summed E-state index contributed by atoms with van der Waals surface area (Å²) in [5, 5.41) is 0. The maximum absolute atomic E-state index is 12.5. The zero-order valence-corrected chi connectivity index (χ0v) is 12.8. The van der Waals surface area contributed by atoms with E-state index in [-0.39, 0.29) is 11.8 Å². The molecule has 0 heterocycles. The minimum Gasteiger partial charge on any atom is -0.497 e. The van der Waals surface area contributed by atoms with Gasteiger partial charge in [-0.15, -0.1) is 0 Å². The van der Waals surface area contributed by atoms with Crippen LogP contribution in [0, 0.1) is 0 Å². The van der Waals surface area contributed by atoms with E-state index in [0.29, 0.717) is 16.9 Å². The van der Waals surface area contributed by atoms with Gasteiger partial charge in [0.2, 0.25) is 0 Å². The summed E-state index contributed by atoms with van der Waals surface area (Å²) < 4.78 is 9.82.